The predicted molar refractivity (Wildman–Crippen MR) is 105 cm³/mol. The molecule has 1 aromatic carbocycles. The van der Waals surface area contributed by atoms with Gasteiger partial charge in [0.05, 0.1) is 13.7 Å². The molecule has 1 aliphatic heterocycles. The first-order valence-corrected chi connectivity index (χ1v) is 9.44. The monoisotopic (exact) mass is 372 g/mol. The number of methoxy groups -OCH3 is 1. The first-order valence-electron chi connectivity index (χ1n) is 9.44. The fraction of sp³-hybridized carbons (Fsp3) is 0.500. The largest absolute Gasteiger partial charge is 0.497 e. The molecule has 146 valence electrons. The maximum Gasteiger partial charge on any atom is 0.321 e. The smallest absolute Gasteiger partial charge is 0.321 e. The SMILES string of the molecule is COc1ccc2[nH]cc(C3CCN(CC(=O)NC(=O)NC(C)C)CC3)c2c1. The molecule has 2 aromatic rings. The number of amides is 3. The minimum Gasteiger partial charge on any atom is -0.497 e. The second-order valence-electron chi connectivity index (χ2n) is 7.38. The average Bonchev–Trinajstić information content (AvgIpc) is 3.04. The zero-order valence-corrected chi connectivity index (χ0v) is 16.2. The maximum absolute atomic E-state index is 12.0. The molecule has 0 radical (unpaired) electrons. The summed E-state index contributed by atoms with van der Waals surface area (Å²) in [6, 6.07) is 5.65. The van der Waals surface area contributed by atoms with Gasteiger partial charge in [0.25, 0.3) is 0 Å². The molecule has 1 aliphatic rings. The minimum absolute atomic E-state index is 0.00310. The number of aromatic amines is 1. The van der Waals surface area contributed by atoms with Crippen molar-refractivity contribution in [2.45, 2.75) is 38.6 Å². The molecule has 3 amide bonds. The number of hydrogen-bond donors (Lipinski definition) is 3. The normalized spacial score (nSPS) is 15.9. The van der Waals surface area contributed by atoms with Crippen molar-refractivity contribution in [3.05, 3.63) is 30.0 Å². The number of carbonyl (C=O) groups is 2. The van der Waals surface area contributed by atoms with Crippen LogP contribution in [-0.2, 0) is 4.79 Å². The van der Waals surface area contributed by atoms with Gasteiger partial charge in [-0.1, -0.05) is 0 Å². The number of fused-ring (bicyclic) bond motifs is 1. The van der Waals surface area contributed by atoms with Gasteiger partial charge in [-0.25, -0.2) is 4.79 Å². The van der Waals surface area contributed by atoms with Crippen LogP contribution in [0.5, 0.6) is 5.75 Å². The van der Waals surface area contributed by atoms with Crippen LogP contribution in [-0.4, -0.2) is 54.6 Å². The van der Waals surface area contributed by atoms with E-state index in [1.807, 2.05) is 26.0 Å². The summed E-state index contributed by atoms with van der Waals surface area (Å²) in [5.41, 5.74) is 2.42. The van der Waals surface area contributed by atoms with Gasteiger partial charge in [0.15, 0.2) is 0 Å². The Bertz CT molecular complexity index is 807. The third-order valence-corrected chi connectivity index (χ3v) is 4.99. The number of benzene rings is 1. The van der Waals surface area contributed by atoms with Crippen LogP contribution in [0, 0.1) is 0 Å². The summed E-state index contributed by atoms with van der Waals surface area (Å²) in [6.45, 7) is 5.63. The van der Waals surface area contributed by atoms with Crippen molar-refractivity contribution in [2.75, 3.05) is 26.7 Å². The highest BCUT2D eigenvalue weighted by Crippen LogP contribution is 2.34. The number of aromatic nitrogens is 1. The highest BCUT2D eigenvalue weighted by Gasteiger charge is 2.24. The third-order valence-electron chi connectivity index (χ3n) is 4.99. The van der Waals surface area contributed by atoms with E-state index in [-0.39, 0.29) is 18.5 Å². The molecule has 0 spiro atoms. The lowest BCUT2D eigenvalue weighted by atomic mass is 9.89. The van der Waals surface area contributed by atoms with Crippen LogP contribution in [0.2, 0.25) is 0 Å². The summed E-state index contributed by atoms with van der Waals surface area (Å²) in [6.07, 6.45) is 4.05. The zero-order valence-electron chi connectivity index (χ0n) is 16.2. The van der Waals surface area contributed by atoms with Gasteiger partial charge in [-0.05, 0) is 69.5 Å². The van der Waals surface area contributed by atoms with E-state index >= 15 is 0 Å². The second-order valence-corrected chi connectivity index (χ2v) is 7.38. The number of nitrogens with zero attached hydrogens (tertiary/aromatic N) is 1. The van der Waals surface area contributed by atoms with Crippen LogP contribution < -0.4 is 15.4 Å². The van der Waals surface area contributed by atoms with E-state index in [9.17, 15) is 9.59 Å². The standard InChI is InChI=1S/C20H28N4O3/c1-13(2)22-20(26)23-19(25)12-24-8-6-14(7-9-24)17-11-21-18-5-4-15(27-3)10-16(17)18/h4-5,10-11,13-14,21H,6-9,12H2,1-3H3,(H2,22,23,25,26). The van der Waals surface area contributed by atoms with Crippen LogP contribution in [0.15, 0.2) is 24.4 Å². The van der Waals surface area contributed by atoms with E-state index in [0.29, 0.717) is 5.92 Å². The fourth-order valence-electron chi connectivity index (χ4n) is 3.66. The Morgan fingerprint density at radius 2 is 2.04 bits per heavy atom. The van der Waals surface area contributed by atoms with E-state index < -0.39 is 6.03 Å². The lowest BCUT2D eigenvalue weighted by Crippen LogP contribution is -2.47. The number of urea groups is 1. The Kier molecular flexibility index (Phi) is 6.01. The van der Waals surface area contributed by atoms with Crippen molar-refractivity contribution in [2.24, 2.45) is 0 Å². The lowest BCUT2D eigenvalue weighted by Gasteiger charge is -2.31. The number of likely N-dealkylation sites (tertiary alicyclic amines) is 1. The molecule has 0 saturated carbocycles. The fourth-order valence-corrected chi connectivity index (χ4v) is 3.66. The summed E-state index contributed by atoms with van der Waals surface area (Å²) in [7, 11) is 1.68. The Morgan fingerprint density at radius 1 is 1.30 bits per heavy atom. The number of ether oxygens (including phenoxy) is 1. The van der Waals surface area contributed by atoms with Crippen LogP contribution >= 0.6 is 0 Å². The summed E-state index contributed by atoms with van der Waals surface area (Å²) in [4.78, 5) is 29.1. The molecule has 1 fully saturated rings. The molecule has 7 nitrogen and oxygen atoms in total. The van der Waals surface area contributed by atoms with Crippen molar-refractivity contribution >= 4 is 22.8 Å². The number of carbonyl (C=O) groups excluding carboxylic acids is 2. The van der Waals surface area contributed by atoms with Gasteiger partial charge in [-0.3, -0.25) is 15.0 Å². The van der Waals surface area contributed by atoms with Crippen molar-refractivity contribution in [3.8, 4) is 5.75 Å². The van der Waals surface area contributed by atoms with Gasteiger partial charge in [-0.2, -0.15) is 0 Å². The minimum atomic E-state index is -0.433. The highest BCUT2D eigenvalue weighted by molar-refractivity contribution is 5.95. The van der Waals surface area contributed by atoms with Gasteiger partial charge in [0, 0.05) is 23.1 Å². The maximum atomic E-state index is 12.0. The van der Waals surface area contributed by atoms with E-state index in [2.05, 4.69) is 32.8 Å². The molecule has 2 heterocycles. The van der Waals surface area contributed by atoms with Gasteiger partial charge >= 0.3 is 6.03 Å². The van der Waals surface area contributed by atoms with Crippen molar-refractivity contribution < 1.29 is 14.3 Å². The van der Waals surface area contributed by atoms with Gasteiger partial charge in [0.2, 0.25) is 5.91 Å². The summed E-state index contributed by atoms with van der Waals surface area (Å²) in [5, 5.41) is 6.25. The van der Waals surface area contributed by atoms with Gasteiger partial charge in [0.1, 0.15) is 5.75 Å². The molecule has 0 atom stereocenters. The molecule has 0 aliphatic carbocycles. The molecule has 3 rings (SSSR count). The molecule has 1 saturated heterocycles. The quantitative estimate of drug-likeness (QED) is 0.753. The van der Waals surface area contributed by atoms with Crippen molar-refractivity contribution in [1.29, 1.82) is 0 Å². The molecule has 27 heavy (non-hydrogen) atoms. The Labute approximate surface area is 159 Å². The molecule has 0 bridgehead atoms. The number of H-pyrrole nitrogens is 1. The van der Waals surface area contributed by atoms with Crippen molar-refractivity contribution in [1.82, 2.24) is 20.5 Å². The Morgan fingerprint density at radius 3 is 2.70 bits per heavy atom. The number of imide groups is 1. The number of nitrogens with one attached hydrogen (secondary N) is 3. The van der Waals surface area contributed by atoms with E-state index in [1.54, 1.807) is 7.11 Å². The second kappa shape index (κ2) is 8.43. The lowest BCUT2D eigenvalue weighted by molar-refractivity contribution is -0.121. The summed E-state index contributed by atoms with van der Waals surface area (Å²) in [5.74, 6) is 1.05. The van der Waals surface area contributed by atoms with Gasteiger partial charge in [-0.15, -0.1) is 0 Å². The highest BCUT2D eigenvalue weighted by atomic mass is 16.5. The molecular formula is C20H28N4O3. The molecular weight excluding hydrogens is 344 g/mol. The Balaban J connectivity index is 1.55. The van der Waals surface area contributed by atoms with E-state index in [4.69, 9.17) is 4.74 Å². The van der Waals surface area contributed by atoms with Crippen LogP contribution in [0.1, 0.15) is 38.2 Å². The number of hydrogen-bond acceptors (Lipinski definition) is 4. The molecule has 1 aromatic heterocycles. The van der Waals surface area contributed by atoms with E-state index in [1.165, 1.54) is 10.9 Å². The van der Waals surface area contributed by atoms with Crippen LogP contribution in [0.25, 0.3) is 10.9 Å². The van der Waals surface area contributed by atoms with Crippen molar-refractivity contribution in [3.63, 3.8) is 0 Å². The molecule has 3 N–H and O–H groups in total. The zero-order chi connectivity index (χ0) is 19.4. The summed E-state index contributed by atoms with van der Waals surface area (Å²) < 4.78 is 5.35. The molecule has 7 heteroatoms. The number of piperidine rings is 1. The van der Waals surface area contributed by atoms with Gasteiger partial charge < -0.3 is 15.0 Å². The average molecular weight is 372 g/mol. The predicted octanol–water partition coefficient (Wildman–Crippen LogP) is 2.59. The number of rotatable bonds is 5. The van der Waals surface area contributed by atoms with Crippen LogP contribution in [0.3, 0.4) is 0 Å². The van der Waals surface area contributed by atoms with E-state index in [0.717, 1.165) is 37.2 Å². The third kappa shape index (κ3) is 4.80. The molecule has 0 unspecified atom stereocenters. The van der Waals surface area contributed by atoms with Crippen LogP contribution in [0.4, 0.5) is 4.79 Å². The Hall–Kier alpha value is -2.54. The first-order chi connectivity index (χ1) is 13.0. The summed E-state index contributed by atoms with van der Waals surface area (Å²) >= 11 is 0. The first kappa shape index (κ1) is 19.2. The topological polar surface area (TPSA) is 86.5 Å².